The number of aromatic nitrogens is 4. The number of nitrogens with two attached hydrogens (primary N) is 1. The predicted molar refractivity (Wildman–Crippen MR) is 46.4 cm³/mol. The van der Waals surface area contributed by atoms with Gasteiger partial charge < -0.3 is 5.73 Å². The number of hydrogen-bond acceptors (Lipinski definition) is 4. The Kier molecular flexibility index (Phi) is 1.66. The molecule has 0 saturated heterocycles. The summed E-state index contributed by atoms with van der Waals surface area (Å²) in [4.78, 5) is 8.11. The second-order valence-electron chi connectivity index (χ2n) is 2.62. The van der Waals surface area contributed by atoms with Gasteiger partial charge in [-0.15, -0.1) is 0 Å². The maximum atomic E-state index is 7.09. The van der Waals surface area contributed by atoms with Crippen molar-refractivity contribution in [1.29, 1.82) is 5.41 Å². The summed E-state index contributed by atoms with van der Waals surface area (Å²) in [5.41, 5.74) is 5.95. The first-order valence-corrected chi connectivity index (χ1v) is 3.74. The Labute approximate surface area is 73.9 Å². The van der Waals surface area contributed by atoms with E-state index in [0.29, 0.717) is 17.9 Å². The number of hydrogen-bond donors (Lipinski definition) is 2. The first-order chi connectivity index (χ1) is 6.25. The molecule has 0 aliphatic rings. The fourth-order valence-corrected chi connectivity index (χ4v) is 1.06. The van der Waals surface area contributed by atoms with Crippen LogP contribution < -0.4 is 5.73 Å². The third-order valence-corrected chi connectivity index (χ3v) is 1.54. The summed E-state index contributed by atoms with van der Waals surface area (Å²) in [7, 11) is 0. The highest BCUT2D eigenvalue weighted by atomic mass is 15.3. The average Bonchev–Trinajstić information content (AvgIpc) is 2.44. The zero-order valence-electron chi connectivity index (χ0n) is 6.81. The van der Waals surface area contributed by atoms with Gasteiger partial charge in [-0.3, -0.25) is 5.41 Å². The van der Waals surface area contributed by atoms with Crippen molar-refractivity contribution in [2.45, 2.75) is 6.42 Å². The predicted octanol–water partition coefficient (Wildman–Crippen LogP) is -0.397. The van der Waals surface area contributed by atoms with Crippen molar-refractivity contribution >= 4 is 11.6 Å². The van der Waals surface area contributed by atoms with Crippen molar-refractivity contribution < 1.29 is 0 Å². The Morgan fingerprint density at radius 2 is 2.38 bits per heavy atom. The number of nitrogens with one attached hydrogen (secondary N) is 1. The summed E-state index contributed by atoms with van der Waals surface area (Å²) in [5.74, 6) is 0.613. The van der Waals surface area contributed by atoms with E-state index >= 15 is 0 Å². The Morgan fingerprint density at radius 1 is 1.54 bits per heavy atom. The van der Waals surface area contributed by atoms with Gasteiger partial charge in [-0.1, -0.05) is 0 Å². The molecule has 66 valence electrons. The molecular weight excluding hydrogens is 168 g/mol. The highest BCUT2D eigenvalue weighted by molar-refractivity contribution is 5.79. The molecule has 3 N–H and O–H groups in total. The molecule has 0 spiro atoms. The molecule has 13 heavy (non-hydrogen) atoms. The van der Waals surface area contributed by atoms with Crippen molar-refractivity contribution in [1.82, 2.24) is 19.6 Å². The van der Waals surface area contributed by atoms with E-state index in [1.165, 1.54) is 0 Å². The highest BCUT2D eigenvalue weighted by Crippen LogP contribution is 1.99. The Bertz CT molecular complexity index is 412. The molecule has 0 unspecified atom stereocenters. The first-order valence-electron chi connectivity index (χ1n) is 3.74. The zero-order valence-corrected chi connectivity index (χ0v) is 6.81. The molecule has 0 radical (unpaired) electrons. The van der Waals surface area contributed by atoms with Gasteiger partial charge in [0, 0.05) is 6.42 Å². The first kappa shape index (κ1) is 7.66. The minimum atomic E-state index is 0.0865. The number of fused-ring (bicyclic) bond motifs is 1. The van der Waals surface area contributed by atoms with E-state index in [4.69, 9.17) is 11.1 Å². The maximum absolute atomic E-state index is 7.09. The van der Waals surface area contributed by atoms with E-state index in [-0.39, 0.29) is 5.84 Å². The number of imidazole rings is 1. The van der Waals surface area contributed by atoms with Crippen LogP contribution in [0.15, 0.2) is 18.6 Å². The largest absolute Gasteiger partial charge is 0.387 e. The lowest BCUT2D eigenvalue weighted by Gasteiger charge is -1.88. The molecule has 0 fully saturated rings. The molecule has 2 aromatic heterocycles. The minimum Gasteiger partial charge on any atom is -0.387 e. The molecule has 0 aromatic carbocycles. The molecule has 6 nitrogen and oxygen atoms in total. The molecule has 0 bridgehead atoms. The second-order valence-corrected chi connectivity index (χ2v) is 2.62. The van der Waals surface area contributed by atoms with Crippen molar-refractivity contribution in [3.8, 4) is 0 Å². The summed E-state index contributed by atoms with van der Waals surface area (Å²) in [6.45, 7) is 0. The zero-order chi connectivity index (χ0) is 9.26. The molecule has 2 aromatic rings. The van der Waals surface area contributed by atoms with Crippen LogP contribution >= 0.6 is 0 Å². The molecule has 0 saturated carbocycles. The fraction of sp³-hybridized carbons (Fsp3) is 0.143. The van der Waals surface area contributed by atoms with Gasteiger partial charge in [0.25, 0.3) is 5.78 Å². The molecule has 0 amide bonds. The minimum absolute atomic E-state index is 0.0865. The Morgan fingerprint density at radius 3 is 3.08 bits per heavy atom. The average molecular weight is 176 g/mol. The van der Waals surface area contributed by atoms with E-state index < -0.39 is 0 Å². The number of amidine groups is 1. The van der Waals surface area contributed by atoms with Gasteiger partial charge in [0.05, 0.1) is 30.1 Å². The molecule has 2 heterocycles. The van der Waals surface area contributed by atoms with Crippen LogP contribution in [0.25, 0.3) is 5.78 Å². The van der Waals surface area contributed by atoms with Gasteiger partial charge in [0.1, 0.15) is 0 Å². The van der Waals surface area contributed by atoms with Crippen LogP contribution in [0.1, 0.15) is 5.69 Å². The summed E-state index contributed by atoms with van der Waals surface area (Å²) in [6.07, 6.45) is 5.20. The van der Waals surface area contributed by atoms with E-state index in [9.17, 15) is 0 Å². The summed E-state index contributed by atoms with van der Waals surface area (Å²) in [6, 6.07) is 0. The van der Waals surface area contributed by atoms with Crippen LogP contribution in [-0.4, -0.2) is 25.4 Å². The van der Waals surface area contributed by atoms with Crippen LogP contribution in [0.3, 0.4) is 0 Å². The summed E-state index contributed by atoms with van der Waals surface area (Å²) in [5, 5.41) is 11.1. The Hall–Kier alpha value is -1.98. The van der Waals surface area contributed by atoms with Crippen LogP contribution in [0.5, 0.6) is 0 Å². The van der Waals surface area contributed by atoms with Gasteiger partial charge in [-0.05, 0) is 0 Å². The molecule has 0 aliphatic carbocycles. The summed E-state index contributed by atoms with van der Waals surface area (Å²) < 4.78 is 1.55. The van der Waals surface area contributed by atoms with Crippen LogP contribution in [0.2, 0.25) is 0 Å². The standard InChI is InChI=1S/C7H8N6/c8-6(9)3-5-4-13-7(12-5)10-1-2-11-13/h1-2,4H,3H2,(H3,8,9). The van der Waals surface area contributed by atoms with E-state index in [1.807, 2.05) is 0 Å². The molecular formula is C7H8N6. The van der Waals surface area contributed by atoms with Crippen LogP contribution in [0, 0.1) is 5.41 Å². The van der Waals surface area contributed by atoms with E-state index in [1.54, 1.807) is 23.1 Å². The molecule has 6 heteroatoms. The highest BCUT2D eigenvalue weighted by Gasteiger charge is 2.02. The van der Waals surface area contributed by atoms with Gasteiger partial charge in [-0.25, -0.2) is 14.5 Å². The molecule has 0 aliphatic heterocycles. The number of rotatable bonds is 2. The van der Waals surface area contributed by atoms with Crippen LogP contribution in [0.4, 0.5) is 0 Å². The van der Waals surface area contributed by atoms with Gasteiger partial charge in [0.15, 0.2) is 0 Å². The van der Waals surface area contributed by atoms with Crippen LogP contribution in [-0.2, 0) is 6.42 Å². The van der Waals surface area contributed by atoms with E-state index in [0.717, 1.165) is 0 Å². The summed E-state index contributed by atoms with van der Waals surface area (Å²) >= 11 is 0. The van der Waals surface area contributed by atoms with Crippen molar-refractivity contribution in [3.05, 3.63) is 24.3 Å². The smallest absolute Gasteiger partial charge is 0.250 e. The normalized spacial score (nSPS) is 10.5. The molecule has 2 rings (SSSR count). The monoisotopic (exact) mass is 176 g/mol. The maximum Gasteiger partial charge on any atom is 0.250 e. The van der Waals surface area contributed by atoms with Crippen molar-refractivity contribution in [2.75, 3.05) is 0 Å². The lowest BCUT2D eigenvalue weighted by molar-refractivity contribution is 0.901. The lowest BCUT2D eigenvalue weighted by atomic mass is 10.3. The lowest BCUT2D eigenvalue weighted by Crippen LogP contribution is -2.12. The Balaban J connectivity index is 2.44. The third kappa shape index (κ3) is 1.46. The quantitative estimate of drug-likeness (QED) is 0.481. The fourth-order valence-electron chi connectivity index (χ4n) is 1.06. The topological polar surface area (TPSA) is 93.0 Å². The van der Waals surface area contributed by atoms with E-state index in [2.05, 4.69) is 15.1 Å². The molecule has 0 atom stereocenters. The second kappa shape index (κ2) is 2.81. The van der Waals surface area contributed by atoms with Crippen molar-refractivity contribution in [2.24, 2.45) is 5.73 Å². The number of nitrogens with zero attached hydrogens (tertiary/aromatic N) is 4. The SMILES string of the molecule is N=C(N)Cc1cn2nccnc2n1. The van der Waals surface area contributed by atoms with Crippen molar-refractivity contribution in [3.63, 3.8) is 0 Å². The van der Waals surface area contributed by atoms with Gasteiger partial charge >= 0.3 is 0 Å². The van der Waals surface area contributed by atoms with Gasteiger partial charge in [-0.2, -0.15) is 5.10 Å². The van der Waals surface area contributed by atoms with Gasteiger partial charge in [0.2, 0.25) is 0 Å². The third-order valence-electron chi connectivity index (χ3n) is 1.54.